The van der Waals surface area contributed by atoms with E-state index in [1.807, 2.05) is 4.90 Å². The summed E-state index contributed by atoms with van der Waals surface area (Å²) in [5, 5.41) is 11.9. The van der Waals surface area contributed by atoms with Crippen LogP contribution in [-0.2, 0) is 11.3 Å². The summed E-state index contributed by atoms with van der Waals surface area (Å²) in [6.07, 6.45) is 0. The fourth-order valence-electron chi connectivity index (χ4n) is 2.78. The molecule has 138 valence electrons. The average molecular weight is 366 g/mol. The van der Waals surface area contributed by atoms with Crippen LogP contribution in [0.15, 0.2) is 30.3 Å². The predicted molar refractivity (Wildman–Crippen MR) is 88.6 cm³/mol. The molecule has 5 nitrogen and oxygen atoms in total. The standard InChI is InChI=1S/C18H17F3N2O3/c19-12-8-14(21)17(16(24)9-12)18(25)22-10-11-1-2-15(13(20)7-11)23-3-5-26-6-4-23/h1-2,7-9,24H,3-6,10H2,(H,22,25). The zero-order chi connectivity index (χ0) is 18.7. The molecule has 0 radical (unpaired) electrons. The third-order valence-corrected chi connectivity index (χ3v) is 4.08. The van der Waals surface area contributed by atoms with Crippen LogP contribution in [0.25, 0.3) is 0 Å². The SMILES string of the molecule is O=C(NCc1ccc(N2CCOCC2)c(F)c1)c1c(O)cc(F)cc1F. The van der Waals surface area contributed by atoms with Crippen molar-refractivity contribution in [1.29, 1.82) is 0 Å². The highest BCUT2D eigenvalue weighted by Crippen LogP contribution is 2.23. The third-order valence-electron chi connectivity index (χ3n) is 4.08. The number of morpholine rings is 1. The lowest BCUT2D eigenvalue weighted by Gasteiger charge is -2.29. The van der Waals surface area contributed by atoms with Gasteiger partial charge in [-0.25, -0.2) is 13.2 Å². The molecule has 2 aromatic carbocycles. The highest BCUT2D eigenvalue weighted by Gasteiger charge is 2.19. The number of halogens is 3. The van der Waals surface area contributed by atoms with E-state index in [9.17, 15) is 23.1 Å². The normalized spacial score (nSPS) is 14.3. The number of phenols is 1. The van der Waals surface area contributed by atoms with Crippen LogP contribution < -0.4 is 10.2 Å². The van der Waals surface area contributed by atoms with Crippen LogP contribution in [0.1, 0.15) is 15.9 Å². The van der Waals surface area contributed by atoms with E-state index in [0.29, 0.717) is 49.7 Å². The van der Waals surface area contributed by atoms with E-state index in [0.717, 1.165) is 0 Å². The summed E-state index contributed by atoms with van der Waals surface area (Å²) in [5.74, 6) is -4.31. The minimum Gasteiger partial charge on any atom is -0.507 e. The van der Waals surface area contributed by atoms with Crippen molar-refractivity contribution in [2.45, 2.75) is 6.54 Å². The number of benzene rings is 2. The van der Waals surface area contributed by atoms with Crippen LogP contribution in [0.4, 0.5) is 18.9 Å². The fraction of sp³-hybridized carbons (Fsp3) is 0.278. The number of nitrogens with zero attached hydrogens (tertiary/aromatic N) is 1. The van der Waals surface area contributed by atoms with E-state index < -0.39 is 34.7 Å². The Labute approximate surface area is 148 Å². The minimum atomic E-state index is -1.17. The maximum absolute atomic E-state index is 14.3. The van der Waals surface area contributed by atoms with E-state index >= 15 is 0 Å². The van der Waals surface area contributed by atoms with Crippen molar-refractivity contribution < 1.29 is 27.8 Å². The van der Waals surface area contributed by atoms with Gasteiger partial charge in [0.15, 0.2) is 0 Å². The zero-order valence-corrected chi connectivity index (χ0v) is 13.8. The Bertz CT molecular complexity index is 800. The second-order valence-electron chi connectivity index (χ2n) is 5.85. The third kappa shape index (κ3) is 3.91. The van der Waals surface area contributed by atoms with Crippen molar-refractivity contribution in [3.05, 3.63) is 58.9 Å². The summed E-state index contributed by atoms with van der Waals surface area (Å²) in [5.41, 5.74) is 0.261. The molecule has 0 aliphatic carbocycles. The number of hydrogen-bond donors (Lipinski definition) is 2. The summed E-state index contributed by atoms with van der Waals surface area (Å²) >= 11 is 0. The summed E-state index contributed by atoms with van der Waals surface area (Å²) in [6, 6.07) is 5.69. The number of carbonyl (C=O) groups excluding carboxylic acids is 1. The molecule has 1 aliphatic heterocycles. The zero-order valence-electron chi connectivity index (χ0n) is 13.8. The molecule has 3 rings (SSSR count). The number of aromatic hydroxyl groups is 1. The van der Waals surface area contributed by atoms with E-state index in [4.69, 9.17) is 4.74 Å². The Balaban J connectivity index is 1.68. The first-order valence-corrected chi connectivity index (χ1v) is 8.03. The minimum absolute atomic E-state index is 0.0740. The van der Waals surface area contributed by atoms with E-state index in [2.05, 4.69) is 5.32 Å². The first-order chi connectivity index (χ1) is 12.5. The van der Waals surface area contributed by atoms with Gasteiger partial charge in [0.1, 0.15) is 28.8 Å². The number of ether oxygens (including phenoxy) is 1. The monoisotopic (exact) mass is 366 g/mol. The molecule has 1 fully saturated rings. The van der Waals surface area contributed by atoms with Crippen LogP contribution >= 0.6 is 0 Å². The van der Waals surface area contributed by atoms with Crippen LogP contribution in [0, 0.1) is 17.5 Å². The van der Waals surface area contributed by atoms with Crippen molar-refractivity contribution in [3.8, 4) is 5.75 Å². The number of phenolic OH excluding ortho intramolecular Hbond substituents is 1. The predicted octanol–water partition coefficient (Wildman–Crippen LogP) is 2.58. The number of amides is 1. The van der Waals surface area contributed by atoms with Gasteiger partial charge in [-0.3, -0.25) is 4.79 Å². The lowest BCUT2D eigenvalue weighted by Crippen LogP contribution is -2.36. The molecule has 1 amide bonds. The Morgan fingerprint density at radius 1 is 1.12 bits per heavy atom. The molecule has 0 unspecified atom stereocenters. The molecule has 0 aromatic heterocycles. The van der Waals surface area contributed by atoms with Gasteiger partial charge >= 0.3 is 0 Å². The topological polar surface area (TPSA) is 61.8 Å². The molecule has 2 aromatic rings. The van der Waals surface area contributed by atoms with Gasteiger partial charge in [0, 0.05) is 31.8 Å². The molecular formula is C18H17F3N2O3. The number of carbonyl (C=O) groups is 1. The second kappa shape index (κ2) is 7.65. The second-order valence-corrected chi connectivity index (χ2v) is 5.85. The lowest BCUT2D eigenvalue weighted by atomic mass is 10.1. The van der Waals surface area contributed by atoms with Crippen molar-refractivity contribution in [3.63, 3.8) is 0 Å². The molecule has 0 bridgehead atoms. The number of anilines is 1. The molecular weight excluding hydrogens is 349 g/mol. The first-order valence-electron chi connectivity index (χ1n) is 8.03. The van der Waals surface area contributed by atoms with Crippen molar-refractivity contribution in [2.75, 3.05) is 31.2 Å². The van der Waals surface area contributed by atoms with Crippen LogP contribution in [0.3, 0.4) is 0 Å². The van der Waals surface area contributed by atoms with Crippen LogP contribution in [0.5, 0.6) is 5.75 Å². The smallest absolute Gasteiger partial charge is 0.258 e. The van der Waals surface area contributed by atoms with E-state index in [1.165, 1.54) is 6.07 Å². The first kappa shape index (κ1) is 18.1. The molecule has 0 saturated carbocycles. The van der Waals surface area contributed by atoms with Gasteiger partial charge in [-0.15, -0.1) is 0 Å². The van der Waals surface area contributed by atoms with Gasteiger partial charge < -0.3 is 20.1 Å². The Morgan fingerprint density at radius 2 is 1.85 bits per heavy atom. The summed E-state index contributed by atoms with van der Waals surface area (Å²) in [6.45, 7) is 2.18. The highest BCUT2D eigenvalue weighted by atomic mass is 19.1. The van der Waals surface area contributed by atoms with Crippen LogP contribution in [-0.4, -0.2) is 37.3 Å². The van der Waals surface area contributed by atoms with Gasteiger partial charge in [-0.05, 0) is 17.7 Å². The fourth-order valence-corrected chi connectivity index (χ4v) is 2.78. The van der Waals surface area contributed by atoms with Gasteiger partial charge in [0.2, 0.25) is 0 Å². The Kier molecular flexibility index (Phi) is 5.32. The molecule has 2 N–H and O–H groups in total. The Morgan fingerprint density at radius 3 is 2.50 bits per heavy atom. The van der Waals surface area contributed by atoms with E-state index in [1.54, 1.807) is 12.1 Å². The molecule has 1 aliphatic rings. The highest BCUT2D eigenvalue weighted by molar-refractivity contribution is 5.97. The van der Waals surface area contributed by atoms with Crippen LogP contribution in [0.2, 0.25) is 0 Å². The summed E-state index contributed by atoms with van der Waals surface area (Å²) in [7, 11) is 0. The maximum atomic E-state index is 14.3. The van der Waals surface area contributed by atoms with Gasteiger partial charge in [0.25, 0.3) is 5.91 Å². The van der Waals surface area contributed by atoms with Gasteiger partial charge in [0.05, 0.1) is 18.9 Å². The number of hydrogen-bond acceptors (Lipinski definition) is 4. The molecule has 8 heteroatoms. The largest absolute Gasteiger partial charge is 0.507 e. The summed E-state index contributed by atoms with van der Waals surface area (Å²) < 4.78 is 46.2. The van der Waals surface area contributed by atoms with Crippen molar-refractivity contribution >= 4 is 11.6 Å². The van der Waals surface area contributed by atoms with Crippen molar-refractivity contribution in [1.82, 2.24) is 5.32 Å². The maximum Gasteiger partial charge on any atom is 0.258 e. The molecule has 1 saturated heterocycles. The average Bonchev–Trinajstić information content (AvgIpc) is 2.60. The number of rotatable bonds is 4. The molecule has 0 atom stereocenters. The van der Waals surface area contributed by atoms with E-state index in [-0.39, 0.29) is 6.54 Å². The summed E-state index contributed by atoms with van der Waals surface area (Å²) in [4.78, 5) is 13.9. The van der Waals surface area contributed by atoms with Gasteiger partial charge in [-0.2, -0.15) is 0 Å². The van der Waals surface area contributed by atoms with Gasteiger partial charge in [-0.1, -0.05) is 6.07 Å². The Hall–Kier alpha value is -2.74. The lowest BCUT2D eigenvalue weighted by molar-refractivity contribution is 0.0943. The van der Waals surface area contributed by atoms with Crippen molar-refractivity contribution in [2.24, 2.45) is 0 Å². The number of nitrogens with one attached hydrogen (secondary N) is 1. The quantitative estimate of drug-likeness (QED) is 0.873. The molecule has 0 spiro atoms. The molecule has 1 heterocycles. The molecule has 26 heavy (non-hydrogen) atoms.